The van der Waals surface area contributed by atoms with Gasteiger partial charge in [0.15, 0.2) is 5.17 Å². The monoisotopic (exact) mass is 248 g/mol. The van der Waals surface area contributed by atoms with Gasteiger partial charge in [0.2, 0.25) is 0 Å². The maximum absolute atomic E-state index is 4.68. The molecular formula is C14H20N2S. The molecule has 1 heterocycles. The lowest BCUT2D eigenvalue weighted by Gasteiger charge is -2.32. The van der Waals surface area contributed by atoms with Gasteiger partial charge in [-0.25, -0.2) is 0 Å². The number of rotatable bonds is 2. The summed E-state index contributed by atoms with van der Waals surface area (Å²) >= 11 is 1.83. The number of nitrogens with zero attached hydrogens (tertiary/aromatic N) is 1. The van der Waals surface area contributed by atoms with Crippen LogP contribution in [0.15, 0.2) is 29.3 Å². The first-order chi connectivity index (χ1) is 8.07. The highest BCUT2D eigenvalue weighted by atomic mass is 32.2. The first kappa shape index (κ1) is 12.5. The molecule has 0 bridgehead atoms. The maximum atomic E-state index is 4.68. The van der Waals surface area contributed by atoms with Gasteiger partial charge in [0, 0.05) is 11.3 Å². The Hall–Kier alpha value is -0.960. The van der Waals surface area contributed by atoms with Gasteiger partial charge in [0.05, 0.1) is 6.54 Å². The van der Waals surface area contributed by atoms with Crippen molar-refractivity contribution in [3.8, 4) is 0 Å². The quantitative estimate of drug-likeness (QED) is 0.868. The smallest absolute Gasteiger partial charge is 0.157 e. The molecule has 1 aromatic rings. The van der Waals surface area contributed by atoms with Crippen LogP contribution in [0.25, 0.3) is 0 Å². The molecule has 1 N–H and O–H groups in total. The fourth-order valence-electron chi connectivity index (χ4n) is 1.82. The Kier molecular flexibility index (Phi) is 3.77. The lowest BCUT2D eigenvalue weighted by Crippen LogP contribution is -2.46. The zero-order valence-electron chi connectivity index (χ0n) is 10.8. The van der Waals surface area contributed by atoms with Crippen molar-refractivity contribution < 1.29 is 0 Å². The average Bonchev–Trinajstić information content (AvgIpc) is 2.27. The van der Waals surface area contributed by atoms with E-state index in [9.17, 15) is 0 Å². The van der Waals surface area contributed by atoms with Gasteiger partial charge in [-0.15, -0.1) is 0 Å². The van der Waals surface area contributed by atoms with E-state index in [1.54, 1.807) is 0 Å². The topological polar surface area (TPSA) is 24.4 Å². The Balaban J connectivity index is 2.04. The molecule has 1 aliphatic heterocycles. The van der Waals surface area contributed by atoms with Gasteiger partial charge in [-0.3, -0.25) is 4.99 Å². The molecule has 0 unspecified atom stereocenters. The molecule has 17 heavy (non-hydrogen) atoms. The van der Waals surface area contributed by atoms with Gasteiger partial charge in [0.25, 0.3) is 0 Å². The Morgan fingerprint density at radius 1 is 1.35 bits per heavy atom. The minimum atomic E-state index is 0.190. The lowest BCUT2D eigenvalue weighted by atomic mass is 10.0. The molecule has 1 aliphatic rings. The Morgan fingerprint density at radius 2 is 2.12 bits per heavy atom. The maximum Gasteiger partial charge on any atom is 0.157 e. The SMILES string of the molecule is Cc1ccccc1CN=C1NC(C)(C)CCS1. The molecule has 1 fully saturated rings. The van der Waals surface area contributed by atoms with Gasteiger partial charge in [-0.05, 0) is 38.3 Å². The van der Waals surface area contributed by atoms with E-state index in [4.69, 9.17) is 0 Å². The van der Waals surface area contributed by atoms with Crippen molar-refractivity contribution in [3.05, 3.63) is 35.4 Å². The Morgan fingerprint density at radius 3 is 2.82 bits per heavy atom. The van der Waals surface area contributed by atoms with Crippen LogP contribution in [0.3, 0.4) is 0 Å². The van der Waals surface area contributed by atoms with E-state index in [0.29, 0.717) is 0 Å². The minimum Gasteiger partial charge on any atom is -0.360 e. The van der Waals surface area contributed by atoms with Crippen molar-refractivity contribution >= 4 is 16.9 Å². The van der Waals surface area contributed by atoms with Crippen LogP contribution >= 0.6 is 11.8 Å². The normalized spacial score (nSPS) is 21.2. The van der Waals surface area contributed by atoms with Crippen molar-refractivity contribution in [1.29, 1.82) is 0 Å². The first-order valence-corrected chi connectivity index (χ1v) is 7.05. The van der Waals surface area contributed by atoms with Crippen molar-refractivity contribution in [2.45, 2.75) is 39.3 Å². The molecule has 1 saturated heterocycles. The molecular weight excluding hydrogens is 228 g/mol. The highest BCUT2D eigenvalue weighted by molar-refractivity contribution is 8.13. The Labute approximate surface area is 108 Å². The second-order valence-electron chi connectivity index (χ2n) is 5.16. The van der Waals surface area contributed by atoms with Gasteiger partial charge in [-0.1, -0.05) is 36.0 Å². The van der Waals surface area contributed by atoms with Crippen LogP contribution in [-0.2, 0) is 6.54 Å². The number of aryl methyl sites for hydroxylation is 1. The van der Waals surface area contributed by atoms with Crippen LogP contribution in [-0.4, -0.2) is 16.5 Å². The summed E-state index contributed by atoms with van der Waals surface area (Å²) in [4.78, 5) is 4.68. The molecule has 0 radical (unpaired) electrons. The number of hydrogen-bond donors (Lipinski definition) is 1. The van der Waals surface area contributed by atoms with E-state index >= 15 is 0 Å². The van der Waals surface area contributed by atoms with Crippen LogP contribution < -0.4 is 5.32 Å². The minimum absolute atomic E-state index is 0.190. The van der Waals surface area contributed by atoms with Gasteiger partial charge < -0.3 is 5.32 Å². The standard InChI is InChI=1S/C14H20N2S/c1-11-6-4-5-7-12(11)10-15-13-16-14(2,3)8-9-17-13/h4-7H,8-10H2,1-3H3,(H,15,16). The molecule has 2 nitrogen and oxygen atoms in total. The third-order valence-corrected chi connectivity index (χ3v) is 3.98. The third kappa shape index (κ3) is 3.50. The molecule has 92 valence electrons. The van der Waals surface area contributed by atoms with Crippen LogP contribution in [0, 0.1) is 6.92 Å². The molecule has 0 saturated carbocycles. The molecule has 1 aromatic carbocycles. The van der Waals surface area contributed by atoms with E-state index in [-0.39, 0.29) is 5.54 Å². The second kappa shape index (κ2) is 5.13. The van der Waals surface area contributed by atoms with Crippen LogP contribution in [0.2, 0.25) is 0 Å². The summed E-state index contributed by atoms with van der Waals surface area (Å²) in [5, 5.41) is 4.58. The van der Waals surface area contributed by atoms with E-state index < -0.39 is 0 Å². The molecule has 0 aliphatic carbocycles. The van der Waals surface area contributed by atoms with Crippen LogP contribution in [0.1, 0.15) is 31.4 Å². The summed E-state index contributed by atoms with van der Waals surface area (Å²) in [6.07, 6.45) is 1.20. The van der Waals surface area contributed by atoms with Crippen molar-refractivity contribution in [2.75, 3.05) is 5.75 Å². The van der Waals surface area contributed by atoms with E-state index in [2.05, 4.69) is 55.3 Å². The molecule has 0 aromatic heterocycles. The molecule has 0 spiro atoms. The van der Waals surface area contributed by atoms with E-state index in [1.165, 1.54) is 17.5 Å². The summed E-state index contributed by atoms with van der Waals surface area (Å²) in [6, 6.07) is 8.44. The molecule has 0 atom stereocenters. The zero-order valence-corrected chi connectivity index (χ0v) is 11.6. The Bertz CT molecular complexity index is 424. The van der Waals surface area contributed by atoms with Crippen molar-refractivity contribution in [2.24, 2.45) is 4.99 Å². The summed E-state index contributed by atoms with van der Waals surface area (Å²) in [6.45, 7) is 7.38. The zero-order chi connectivity index (χ0) is 12.3. The number of thioether (sulfide) groups is 1. The van der Waals surface area contributed by atoms with Gasteiger partial charge in [-0.2, -0.15) is 0 Å². The van der Waals surface area contributed by atoms with Gasteiger partial charge >= 0.3 is 0 Å². The van der Waals surface area contributed by atoms with Crippen molar-refractivity contribution in [3.63, 3.8) is 0 Å². The summed E-state index contributed by atoms with van der Waals surface area (Å²) in [5.41, 5.74) is 2.82. The van der Waals surface area contributed by atoms with Crippen molar-refractivity contribution in [1.82, 2.24) is 5.32 Å². The number of benzene rings is 1. The van der Waals surface area contributed by atoms with Crippen LogP contribution in [0.4, 0.5) is 0 Å². The fraction of sp³-hybridized carbons (Fsp3) is 0.500. The lowest BCUT2D eigenvalue weighted by molar-refractivity contribution is 0.446. The second-order valence-corrected chi connectivity index (χ2v) is 6.24. The number of nitrogens with one attached hydrogen (secondary N) is 1. The largest absolute Gasteiger partial charge is 0.360 e. The predicted molar refractivity (Wildman–Crippen MR) is 76.6 cm³/mol. The highest BCUT2D eigenvalue weighted by Crippen LogP contribution is 2.22. The third-order valence-electron chi connectivity index (χ3n) is 3.07. The predicted octanol–water partition coefficient (Wildman–Crippen LogP) is 3.36. The summed E-state index contributed by atoms with van der Waals surface area (Å²) < 4.78 is 0. The summed E-state index contributed by atoms with van der Waals surface area (Å²) in [7, 11) is 0. The average molecular weight is 248 g/mol. The molecule has 3 heteroatoms. The fourth-order valence-corrected chi connectivity index (χ4v) is 3.13. The first-order valence-electron chi connectivity index (χ1n) is 6.07. The van der Waals surface area contributed by atoms with E-state index in [0.717, 1.165) is 17.5 Å². The number of aliphatic imine (C=N–C) groups is 1. The number of amidine groups is 1. The highest BCUT2D eigenvalue weighted by Gasteiger charge is 2.23. The van der Waals surface area contributed by atoms with Crippen LogP contribution in [0.5, 0.6) is 0 Å². The van der Waals surface area contributed by atoms with E-state index in [1.807, 2.05) is 11.8 Å². The van der Waals surface area contributed by atoms with Gasteiger partial charge in [0.1, 0.15) is 0 Å². The number of hydrogen-bond acceptors (Lipinski definition) is 2. The molecule has 0 amide bonds. The molecule has 2 rings (SSSR count). The summed E-state index contributed by atoms with van der Waals surface area (Å²) in [5.74, 6) is 1.16.